The van der Waals surface area contributed by atoms with Crippen LogP contribution in [0.4, 0.5) is 14.6 Å². The summed E-state index contributed by atoms with van der Waals surface area (Å²) in [7, 11) is 2.05. The number of fused-ring (bicyclic) bond motifs is 1. The SMILES string of the molecule is CC.CCn1c(=N)c(N2CCN(C)CC2)nc2cc(F)c(F)cc21. The molecule has 0 saturated carbocycles. The number of likely N-dealkylation sites (N-methyl/N-ethyl adjacent to an activating group) is 1. The summed E-state index contributed by atoms with van der Waals surface area (Å²) in [6.45, 7) is 9.71. The number of aryl methyl sites for hydroxylation is 1. The van der Waals surface area contributed by atoms with Gasteiger partial charge in [-0.15, -0.1) is 0 Å². The van der Waals surface area contributed by atoms with Crippen LogP contribution in [0.15, 0.2) is 12.1 Å². The molecule has 1 fully saturated rings. The van der Waals surface area contributed by atoms with E-state index in [1.165, 1.54) is 0 Å². The Balaban J connectivity index is 0.00000100. The smallest absolute Gasteiger partial charge is 0.172 e. The van der Waals surface area contributed by atoms with E-state index in [2.05, 4.69) is 16.9 Å². The Hall–Kier alpha value is -2.02. The summed E-state index contributed by atoms with van der Waals surface area (Å²) in [5.41, 5.74) is 1.07. The highest BCUT2D eigenvalue weighted by Gasteiger charge is 2.19. The van der Waals surface area contributed by atoms with E-state index in [4.69, 9.17) is 5.41 Å². The van der Waals surface area contributed by atoms with E-state index in [9.17, 15) is 8.78 Å². The number of hydrogen-bond acceptors (Lipinski definition) is 4. The van der Waals surface area contributed by atoms with Gasteiger partial charge in [-0.2, -0.15) is 0 Å². The largest absolute Gasteiger partial charge is 0.351 e. The molecule has 7 heteroatoms. The maximum Gasteiger partial charge on any atom is 0.172 e. The Morgan fingerprint density at radius 3 is 2.25 bits per heavy atom. The summed E-state index contributed by atoms with van der Waals surface area (Å²) in [6, 6.07) is 2.23. The van der Waals surface area contributed by atoms with Gasteiger partial charge in [0.1, 0.15) is 0 Å². The minimum Gasteiger partial charge on any atom is -0.351 e. The predicted octanol–water partition coefficient (Wildman–Crippen LogP) is 2.59. The highest BCUT2D eigenvalue weighted by Crippen LogP contribution is 2.19. The first-order chi connectivity index (χ1) is 11.5. The number of halogens is 2. The summed E-state index contributed by atoms with van der Waals surface area (Å²) < 4.78 is 28.7. The second-order valence-corrected chi connectivity index (χ2v) is 5.57. The van der Waals surface area contributed by atoms with Gasteiger partial charge in [0.2, 0.25) is 0 Å². The number of benzene rings is 1. The van der Waals surface area contributed by atoms with Crippen molar-refractivity contribution in [2.24, 2.45) is 0 Å². The third kappa shape index (κ3) is 3.40. The van der Waals surface area contributed by atoms with Crippen molar-refractivity contribution in [2.45, 2.75) is 27.3 Å². The zero-order chi connectivity index (χ0) is 17.9. The van der Waals surface area contributed by atoms with E-state index in [1.807, 2.05) is 25.7 Å². The molecule has 0 unspecified atom stereocenters. The second-order valence-electron chi connectivity index (χ2n) is 5.57. The lowest BCUT2D eigenvalue weighted by Gasteiger charge is -2.33. The van der Waals surface area contributed by atoms with Crippen molar-refractivity contribution in [2.75, 3.05) is 38.1 Å². The Morgan fingerprint density at radius 2 is 1.67 bits per heavy atom. The standard InChI is InChI=1S/C15H19F2N5.C2H6/c1-3-22-13-9-11(17)10(16)8-12(13)19-15(14(22)18)21-6-4-20(2)5-7-21;1-2/h8-9,18H,3-7H2,1-2H3;1-2H3. The van der Waals surface area contributed by atoms with Crippen LogP contribution in [0.3, 0.4) is 0 Å². The average molecular weight is 337 g/mol. The number of rotatable bonds is 2. The van der Waals surface area contributed by atoms with Gasteiger partial charge in [0, 0.05) is 44.9 Å². The van der Waals surface area contributed by atoms with Crippen LogP contribution in [0.5, 0.6) is 0 Å². The number of nitrogens with one attached hydrogen (secondary N) is 1. The monoisotopic (exact) mass is 337 g/mol. The first kappa shape index (κ1) is 18.3. The van der Waals surface area contributed by atoms with Crippen LogP contribution in [0.1, 0.15) is 20.8 Å². The van der Waals surface area contributed by atoms with Gasteiger partial charge in [0.05, 0.1) is 11.0 Å². The van der Waals surface area contributed by atoms with E-state index in [0.29, 0.717) is 23.4 Å². The molecule has 0 atom stereocenters. The molecule has 0 amide bonds. The molecule has 2 heterocycles. The number of hydrogen-bond donors (Lipinski definition) is 1. The molecule has 3 rings (SSSR count). The van der Waals surface area contributed by atoms with Crippen LogP contribution < -0.4 is 10.4 Å². The molecule has 0 radical (unpaired) electrons. The van der Waals surface area contributed by atoms with E-state index in [0.717, 1.165) is 38.3 Å². The van der Waals surface area contributed by atoms with Gasteiger partial charge in [0.15, 0.2) is 22.9 Å². The highest BCUT2D eigenvalue weighted by atomic mass is 19.2. The number of anilines is 1. The zero-order valence-electron chi connectivity index (χ0n) is 14.7. The molecular weight excluding hydrogens is 312 g/mol. The topological polar surface area (TPSA) is 48.2 Å². The molecule has 0 spiro atoms. The maximum atomic E-state index is 13.5. The quantitative estimate of drug-likeness (QED) is 0.916. The molecule has 1 aromatic carbocycles. The Kier molecular flexibility index (Phi) is 5.88. The van der Waals surface area contributed by atoms with Crippen molar-refractivity contribution in [3.05, 3.63) is 29.3 Å². The molecule has 0 bridgehead atoms. The zero-order valence-corrected chi connectivity index (χ0v) is 14.7. The normalized spacial score (nSPS) is 15.3. The average Bonchev–Trinajstić information content (AvgIpc) is 2.59. The van der Waals surface area contributed by atoms with Gasteiger partial charge in [0.25, 0.3) is 0 Å². The number of aromatic nitrogens is 2. The van der Waals surface area contributed by atoms with Crippen molar-refractivity contribution in [1.82, 2.24) is 14.5 Å². The Morgan fingerprint density at radius 1 is 1.08 bits per heavy atom. The molecular formula is C17H25F2N5. The molecule has 1 aliphatic rings. The van der Waals surface area contributed by atoms with Crippen LogP contribution >= 0.6 is 0 Å². The summed E-state index contributed by atoms with van der Waals surface area (Å²) in [5, 5.41) is 8.37. The van der Waals surface area contributed by atoms with E-state index < -0.39 is 11.6 Å². The molecule has 2 aromatic rings. The van der Waals surface area contributed by atoms with Gasteiger partial charge in [-0.3, -0.25) is 5.41 Å². The Bertz CT molecular complexity index is 764. The van der Waals surface area contributed by atoms with E-state index >= 15 is 0 Å². The summed E-state index contributed by atoms with van der Waals surface area (Å²) in [5.74, 6) is -1.29. The van der Waals surface area contributed by atoms with Gasteiger partial charge >= 0.3 is 0 Å². The Labute approximate surface area is 141 Å². The summed E-state index contributed by atoms with van der Waals surface area (Å²) in [4.78, 5) is 8.68. The van der Waals surface area contributed by atoms with Gasteiger partial charge in [-0.1, -0.05) is 13.8 Å². The molecule has 1 aromatic heterocycles. The molecule has 24 heavy (non-hydrogen) atoms. The molecule has 1 aliphatic heterocycles. The van der Waals surface area contributed by atoms with Crippen molar-refractivity contribution in [3.8, 4) is 0 Å². The van der Waals surface area contributed by atoms with E-state index in [-0.39, 0.29) is 5.49 Å². The number of nitrogens with zero attached hydrogens (tertiary/aromatic N) is 4. The molecule has 0 aliphatic carbocycles. The minimum absolute atomic E-state index is 0.241. The lowest BCUT2D eigenvalue weighted by Crippen LogP contribution is -2.47. The fourth-order valence-electron chi connectivity index (χ4n) is 2.81. The van der Waals surface area contributed by atoms with Crippen LogP contribution in [0.2, 0.25) is 0 Å². The van der Waals surface area contributed by atoms with Crippen LogP contribution in [0, 0.1) is 17.0 Å². The predicted molar refractivity (Wildman–Crippen MR) is 92.2 cm³/mol. The first-order valence-corrected chi connectivity index (χ1v) is 8.39. The highest BCUT2D eigenvalue weighted by molar-refractivity contribution is 5.76. The molecule has 1 N–H and O–H groups in total. The first-order valence-electron chi connectivity index (χ1n) is 8.39. The van der Waals surface area contributed by atoms with Crippen molar-refractivity contribution < 1.29 is 8.78 Å². The lowest BCUT2D eigenvalue weighted by molar-refractivity contribution is 0.311. The van der Waals surface area contributed by atoms with Crippen molar-refractivity contribution in [3.63, 3.8) is 0 Å². The van der Waals surface area contributed by atoms with Gasteiger partial charge in [-0.25, -0.2) is 13.8 Å². The fourth-order valence-corrected chi connectivity index (χ4v) is 2.81. The maximum absolute atomic E-state index is 13.5. The minimum atomic E-state index is -0.914. The third-order valence-corrected chi connectivity index (χ3v) is 4.14. The second kappa shape index (κ2) is 7.70. The summed E-state index contributed by atoms with van der Waals surface area (Å²) >= 11 is 0. The van der Waals surface area contributed by atoms with Crippen molar-refractivity contribution in [1.29, 1.82) is 5.41 Å². The van der Waals surface area contributed by atoms with E-state index in [1.54, 1.807) is 4.57 Å². The fraction of sp³-hybridized carbons (Fsp3) is 0.529. The third-order valence-electron chi connectivity index (χ3n) is 4.14. The molecule has 1 saturated heterocycles. The molecule has 5 nitrogen and oxygen atoms in total. The van der Waals surface area contributed by atoms with Gasteiger partial charge < -0.3 is 14.4 Å². The van der Waals surface area contributed by atoms with Crippen molar-refractivity contribution >= 4 is 16.9 Å². The molecule has 132 valence electrons. The summed E-state index contributed by atoms with van der Waals surface area (Å²) in [6.07, 6.45) is 0. The van der Waals surface area contributed by atoms with Crippen LogP contribution in [-0.4, -0.2) is 47.7 Å². The van der Waals surface area contributed by atoms with Crippen LogP contribution in [-0.2, 0) is 6.54 Å². The van der Waals surface area contributed by atoms with Gasteiger partial charge in [-0.05, 0) is 14.0 Å². The van der Waals surface area contributed by atoms with Crippen LogP contribution in [0.25, 0.3) is 11.0 Å². The lowest BCUT2D eigenvalue weighted by atomic mass is 10.2. The number of piperazine rings is 1.